The fourth-order valence-electron chi connectivity index (χ4n) is 2.49. The molecule has 1 atom stereocenters. The standard InChI is InChI=1S/C16H24N4O3/c1-19(2)16(22)20-9-10-23-12-14(20)11-15(21)18-8-6-13-5-3-4-7-17-13/h3-5,7,14H,6,8-12H2,1-2H3,(H,18,21)/t14-/m0/s1. The predicted octanol–water partition coefficient (Wildman–Crippen LogP) is 0.513. The summed E-state index contributed by atoms with van der Waals surface area (Å²) >= 11 is 0. The first kappa shape index (κ1) is 17.2. The largest absolute Gasteiger partial charge is 0.377 e. The highest BCUT2D eigenvalue weighted by atomic mass is 16.5. The van der Waals surface area contributed by atoms with Crippen molar-refractivity contribution in [2.45, 2.75) is 18.9 Å². The van der Waals surface area contributed by atoms with Crippen molar-refractivity contribution in [2.24, 2.45) is 0 Å². The van der Waals surface area contributed by atoms with E-state index in [4.69, 9.17) is 4.74 Å². The molecule has 3 amide bonds. The minimum Gasteiger partial charge on any atom is -0.377 e. The maximum absolute atomic E-state index is 12.1. The number of nitrogens with zero attached hydrogens (tertiary/aromatic N) is 3. The van der Waals surface area contributed by atoms with E-state index in [9.17, 15) is 9.59 Å². The van der Waals surface area contributed by atoms with Crippen LogP contribution in [0.1, 0.15) is 12.1 Å². The van der Waals surface area contributed by atoms with Crippen LogP contribution in [-0.4, -0.2) is 73.2 Å². The van der Waals surface area contributed by atoms with Gasteiger partial charge in [0.05, 0.1) is 19.3 Å². The summed E-state index contributed by atoms with van der Waals surface area (Å²) in [5.41, 5.74) is 0.943. The molecule has 0 aromatic carbocycles. The van der Waals surface area contributed by atoms with E-state index in [2.05, 4.69) is 10.3 Å². The summed E-state index contributed by atoms with van der Waals surface area (Å²) in [5.74, 6) is -0.0759. The van der Waals surface area contributed by atoms with Crippen molar-refractivity contribution in [1.29, 1.82) is 0 Å². The molecule has 0 bridgehead atoms. The molecule has 1 aliphatic rings. The second-order valence-corrected chi connectivity index (χ2v) is 5.72. The maximum atomic E-state index is 12.1. The molecular formula is C16H24N4O3. The van der Waals surface area contributed by atoms with E-state index in [1.807, 2.05) is 18.2 Å². The van der Waals surface area contributed by atoms with Gasteiger partial charge in [0.15, 0.2) is 0 Å². The Bertz CT molecular complexity index is 521. The summed E-state index contributed by atoms with van der Waals surface area (Å²) in [6, 6.07) is 5.42. The Morgan fingerprint density at radius 3 is 2.96 bits per heavy atom. The van der Waals surface area contributed by atoms with Gasteiger partial charge in [-0.3, -0.25) is 9.78 Å². The van der Waals surface area contributed by atoms with Crippen LogP contribution in [0.5, 0.6) is 0 Å². The van der Waals surface area contributed by atoms with Gasteiger partial charge in [0.2, 0.25) is 5.91 Å². The van der Waals surface area contributed by atoms with Crippen LogP contribution < -0.4 is 5.32 Å². The average molecular weight is 320 g/mol. The number of pyridine rings is 1. The van der Waals surface area contributed by atoms with Crippen LogP contribution >= 0.6 is 0 Å². The van der Waals surface area contributed by atoms with E-state index in [0.717, 1.165) is 5.69 Å². The molecule has 0 spiro atoms. The van der Waals surface area contributed by atoms with Crippen LogP contribution in [-0.2, 0) is 16.0 Å². The zero-order chi connectivity index (χ0) is 16.7. The highest BCUT2D eigenvalue weighted by Crippen LogP contribution is 2.12. The zero-order valence-corrected chi connectivity index (χ0v) is 13.7. The number of urea groups is 1. The molecule has 1 aromatic heterocycles. The topological polar surface area (TPSA) is 74.8 Å². The molecular weight excluding hydrogens is 296 g/mol. The minimum absolute atomic E-state index is 0.0759. The van der Waals surface area contributed by atoms with Crippen LogP contribution in [0.4, 0.5) is 4.79 Å². The monoisotopic (exact) mass is 320 g/mol. The molecule has 1 N–H and O–H groups in total. The molecule has 1 fully saturated rings. The zero-order valence-electron chi connectivity index (χ0n) is 13.7. The van der Waals surface area contributed by atoms with Crippen LogP contribution in [0.15, 0.2) is 24.4 Å². The fraction of sp³-hybridized carbons (Fsp3) is 0.562. The molecule has 1 aliphatic heterocycles. The summed E-state index contributed by atoms with van der Waals surface area (Å²) in [7, 11) is 3.42. The Hall–Kier alpha value is -2.15. The highest BCUT2D eigenvalue weighted by Gasteiger charge is 2.29. The van der Waals surface area contributed by atoms with Crippen molar-refractivity contribution >= 4 is 11.9 Å². The van der Waals surface area contributed by atoms with Gasteiger partial charge in [0.25, 0.3) is 0 Å². The third kappa shape index (κ3) is 5.21. The number of hydrogen-bond acceptors (Lipinski definition) is 4. The summed E-state index contributed by atoms with van der Waals surface area (Å²) < 4.78 is 5.41. The third-order valence-electron chi connectivity index (χ3n) is 3.71. The van der Waals surface area contributed by atoms with Gasteiger partial charge in [-0.25, -0.2) is 4.79 Å². The van der Waals surface area contributed by atoms with E-state index in [1.54, 1.807) is 25.2 Å². The molecule has 23 heavy (non-hydrogen) atoms. The maximum Gasteiger partial charge on any atom is 0.319 e. The Kier molecular flexibility index (Phi) is 6.34. The Morgan fingerprint density at radius 2 is 2.26 bits per heavy atom. The molecule has 2 rings (SSSR count). The van der Waals surface area contributed by atoms with E-state index < -0.39 is 0 Å². The Morgan fingerprint density at radius 1 is 1.43 bits per heavy atom. The first-order valence-electron chi connectivity index (χ1n) is 7.80. The van der Waals surface area contributed by atoms with E-state index in [0.29, 0.717) is 32.7 Å². The first-order chi connectivity index (χ1) is 11.1. The lowest BCUT2D eigenvalue weighted by Gasteiger charge is -2.36. The molecule has 0 aliphatic carbocycles. The average Bonchev–Trinajstić information content (AvgIpc) is 2.55. The number of morpholine rings is 1. The molecule has 1 aromatic rings. The lowest BCUT2D eigenvalue weighted by Crippen LogP contribution is -2.53. The summed E-state index contributed by atoms with van der Waals surface area (Å²) in [6.45, 7) is 1.96. The Labute approximate surface area is 136 Å². The van der Waals surface area contributed by atoms with Crippen LogP contribution in [0, 0.1) is 0 Å². The fourth-order valence-corrected chi connectivity index (χ4v) is 2.49. The van der Waals surface area contributed by atoms with Crippen molar-refractivity contribution < 1.29 is 14.3 Å². The third-order valence-corrected chi connectivity index (χ3v) is 3.71. The van der Waals surface area contributed by atoms with E-state index in [-0.39, 0.29) is 24.4 Å². The molecule has 2 heterocycles. The van der Waals surface area contributed by atoms with Crippen LogP contribution in [0.3, 0.4) is 0 Å². The SMILES string of the molecule is CN(C)C(=O)N1CCOC[C@@H]1CC(=O)NCCc1ccccn1. The second-order valence-electron chi connectivity index (χ2n) is 5.72. The normalized spacial score (nSPS) is 17.7. The van der Waals surface area contributed by atoms with E-state index >= 15 is 0 Å². The quantitative estimate of drug-likeness (QED) is 0.858. The number of rotatable bonds is 5. The number of carbonyl (C=O) groups is 2. The van der Waals surface area contributed by atoms with Gasteiger partial charge in [0, 0.05) is 51.9 Å². The van der Waals surface area contributed by atoms with Crippen molar-refractivity contribution in [3.05, 3.63) is 30.1 Å². The second kappa shape index (κ2) is 8.47. The number of hydrogen-bond donors (Lipinski definition) is 1. The molecule has 7 nitrogen and oxygen atoms in total. The first-order valence-corrected chi connectivity index (χ1v) is 7.80. The van der Waals surface area contributed by atoms with Gasteiger partial charge in [-0.05, 0) is 12.1 Å². The number of ether oxygens (including phenoxy) is 1. The molecule has 126 valence electrons. The molecule has 7 heteroatoms. The highest BCUT2D eigenvalue weighted by molar-refractivity contribution is 5.79. The summed E-state index contributed by atoms with van der Waals surface area (Å²) in [5, 5.41) is 2.88. The van der Waals surface area contributed by atoms with Crippen LogP contribution in [0.2, 0.25) is 0 Å². The van der Waals surface area contributed by atoms with Crippen molar-refractivity contribution in [1.82, 2.24) is 20.1 Å². The van der Waals surface area contributed by atoms with Crippen molar-refractivity contribution in [2.75, 3.05) is 40.4 Å². The molecule has 0 saturated carbocycles. The predicted molar refractivity (Wildman–Crippen MR) is 86.0 cm³/mol. The van der Waals surface area contributed by atoms with Gasteiger partial charge in [-0.1, -0.05) is 6.07 Å². The summed E-state index contributed by atoms with van der Waals surface area (Å²) in [4.78, 5) is 31.7. The lowest BCUT2D eigenvalue weighted by molar-refractivity contribution is -0.123. The van der Waals surface area contributed by atoms with E-state index in [1.165, 1.54) is 4.90 Å². The summed E-state index contributed by atoms with van der Waals surface area (Å²) in [6.07, 6.45) is 2.68. The Balaban J connectivity index is 1.79. The number of nitrogens with one attached hydrogen (secondary N) is 1. The number of aromatic nitrogens is 1. The van der Waals surface area contributed by atoms with Crippen LogP contribution in [0.25, 0.3) is 0 Å². The van der Waals surface area contributed by atoms with Gasteiger partial charge in [0.1, 0.15) is 0 Å². The minimum atomic E-state index is -0.214. The van der Waals surface area contributed by atoms with Crippen molar-refractivity contribution in [3.63, 3.8) is 0 Å². The molecule has 0 unspecified atom stereocenters. The smallest absolute Gasteiger partial charge is 0.319 e. The van der Waals surface area contributed by atoms with Gasteiger partial charge in [-0.15, -0.1) is 0 Å². The van der Waals surface area contributed by atoms with Gasteiger partial charge < -0.3 is 19.9 Å². The number of amides is 3. The van der Waals surface area contributed by atoms with Gasteiger partial charge >= 0.3 is 6.03 Å². The van der Waals surface area contributed by atoms with Crippen molar-refractivity contribution in [3.8, 4) is 0 Å². The lowest BCUT2D eigenvalue weighted by atomic mass is 10.1. The van der Waals surface area contributed by atoms with Gasteiger partial charge in [-0.2, -0.15) is 0 Å². The number of carbonyl (C=O) groups excluding carboxylic acids is 2. The molecule has 1 saturated heterocycles. The molecule has 0 radical (unpaired) electrons.